The summed E-state index contributed by atoms with van der Waals surface area (Å²) in [6.45, 7) is 5.16. The van der Waals surface area contributed by atoms with Crippen LogP contribution >= 0.6 is 0 Å². The van der Waals surface area contributed by atoms with Crippen molar-refractivity contribution in [2.75, 3.05) is 19.7 Å². The molecule has 0 saturated carbocycles. The molecular weight excluding hydrogens is 182 g/mol. The third-order valence-corrected chi connectivity index (χ3v) is 2.19. The van der Waals surface area contributed by atoms with Gasteiger partial charge >= 0.3 is 0 Å². The molecule has 0 amide bonds. The lowest BCUT2D eigenvalue weighted by atomic mass is 10.0. The summed E-state index contributed by atoms with van der Waals surface area (Å²) in [5, 5.41) is 7.01. The standard InChI is InChI=1S/C9H15N3O2/c1-2-3-13-6-8-11-9(14-12-8)7-4-10-5-7/h7,10H,2-6H2,1H3. The van der Waals surface area contributed by atoms with Crippen LogP contribution in [0.4, 0.5) is 0 Å². The molecule has 0 bridgehead atoms. The van der Waals surface area contributed by atoms with E-state index in [9.17, 15) is 0 Å². The Balaban J connectivity index is 1.83. The van der Waals surface area contributed by atoms with Crippen molar-refractivity contribution in [2.24, 2.45) is 0 Å². The summed E-state index contributed by atoms with van der Waals surface area (Å²) in [5.74, 6) is 1.79. The summed E-state index contributed by atoms with van der Waals surface area (Å²) in [6, 6.07) is 0. The van der Waals surface area contributed by atoms with Crippen molar-refractivity contribution in [2.45, 2.75) is 25.9 Å². The van der Waals surface area contributed by atoms with Gasteiger partial charge in [-0.05, 0) is 6.42 Å². The monoisotopic (exact) mass is 197 g/mol. The van der Waals surface area contributed by atoms with E-state index in [1.165, 1.54) is 0 Å². The van der Waals surface area contributed by atoms with Gasteiger partial charge in [-0.2, -0.15) is 4.98 Å². The molecule has 2 heterocycles. The first-order chi connectivity index (χ1) is 6.90. The van der Waals surface area contributed by atoms with E-state index in [0.717, 1.165) is 32.0 Å². The lowest BCUT2D eigenvalue weighted by Gasteiger charge is -2.22. The van der Waals surface area contributed by atoms with Crippen LogP contribution in [0.3, 0.4) is 0 Å². The minimum absolute atomic E-state index is 0.405. The van der Waals surface area contributed by atoms with Gasteiger partial charge in [-0.15, -0.1) is 0 Å². The Morgan fingerprint density at radius 3 is 3.07 bits per heavy atom. The molecule has 0 atom stereocenters. The Hall–Kier alpha value is -0.940. The highest BCUT2D eigenvalue weighted by molar-refractivity contribution is 5.00. The van der Waals surface area contributed by atoms with E-state index in [2.05, 4.69) is 22.4 Å². The Kier molecular flexibility index (Phi) is 3.10. The van der Waals surface area contributed by atoms with E-state index in [1.54, 1.807) is 0 Å². The van der Waals surface area contributed by atoms with Crippen molar-refractivity contribution < 1.29 is 9.26 Å². The number of aromatic nitrogens is 2. The number of nitrogens with one attached hydrogen (secondary N) is 1. The van der Waals surface area contributed by atoms with Gasteiger partial charge in [-0.1, -0.05) is 12.1 Å². The highest BCUT2D eigenvalue weighted by Crippen LogP contribution is 2.17. The molecule has 1 N–H and O–H groups in total. The molecule has 0 aromatic carbocycles. The Morgan fingerprint density at radius 2 is 2.43 bits per heavy atom. The maximum Gasteiger partial charge on any atom is 0.232 e. The van der Waals surface area contributed by atoms with Crippen molar-refractivity contribution in [3.8, 4) is 0 Å². The molecule has 14 heavy (non-hydrogen) atoms. The Morgan fingerprint density at radius 1 is 1.57 bits per heavy atom. The maximum absolute atomic E-state index is 5.31. The Labute approximate surface area is 82.8 Å². The van der Waals surface area contributed by atoms with Crippen LogP contribution < -0.4 is 5.32 Å². The molecule has 1 aromatic heterocycles. The minimum Gasteiger partial charge on any atom is -0.373 e. The molecule has 5 nitrogen and oxygen atoms in total. The van der Waals surface area contributed by atoms with Crippen LogP contribution in [-0.2, 0) is 11.3 Å². The van der Waals surface area contributed by atoms with Crippen LogP contribution in [-0.4, -0.2) is 29.8 Å². The van der Waals surface area contributed by atoms with E-state index in [4.69, 9.17) is 9.26 Å². The van der Waals surface area contributed by atoms with Gasteiger partial charge in [0.15, 0.2) is 5.82 Å². The largest absolute Gasteiger partial charge is 0.373 e. The SMILES string of the molecule is CCCOCc1noc(C2CNC2)n1. The first kappa shape index (κ1) is 9.61. The second-order valence-corrected chi connectivity index (χ2v) is 3.46. The molecule has 1 saturated heterocycles. The smallest absolute Gasteiger partial charge is 0.232 e. The third-order valence-electron chi connectivity index (χ3n) is 2.19. The number of rotatable bonds is 5. The first-order valence-electron chi connectivity index (χ1n) is 5.01. The van der Waals surface area contributed by atoms with Crippen molar-refractivity contribution in [3.05, 3.63) is 11.7 Å². The van der Waals surface area contributed by atoms with Crippen LogP contribution in [0.1, 0.15) is 31.0 Å². The lowest BCUT2D eigenvalue weighted by molar-refractivity contribution is 0.114. The van der Waals surface area contributed by atoms with E-state index in [-0.39, 0.29) is 0 Å². The van der Waals surface area contributed by atoms with Gasteiger partial charge < -0.3 is 14.6 Å². The fourth-order valence-electron chi connectivity index (χ4n) is 1.26. The second-order valence-electron chi connectivity index (χ2n) is 3.46. The summed E-state index contributed by atoms with van der Waals surface area (Å²) in [7, 11) is 0. The molecule has 2 rings (SSSR count). The highest BCUT2D eigenvalue weighted by atomic mass is 16.5. The van der Waals surface area contributed by atoms with Gasteiger partial charge in [0.1, 0.15) is 6.61 Å². The number of hydrogen-bond acceptors (Lipinski definition) is 5. The molecular formula is C9H15N3O2. The predicted molar refractivity (Wildman–Crippen MR) is 49.9 cm³/mol. The summed E-state index contributed by atoms with van der Waals surface area (Å²) in [6.07, 6.45) is 1.01. The summed E-state index contributed by atoms with van der Waals surface area (Å²) in [4.78, 5) is 4.26. The van der Waals surface area contributed by atoms with E-state index >= 15 is 0 Å². The Bertz CT molecular complexity index is 283. The van der Waals surface area contributed by atoms with E-state index in [1.807, 2.05) is 0 Å². The fraction of sp³-hybridized carbons (Fsp3) is 0.778. The molecule has 0 spiro atoms. The quantitative estimate of drug-likeness (QED) is 0.703. The van der Waals surface area contributed by atoms with Gasteiger partial charge in [0.05, 0.1) is 5.92 Å². The molecule has 1 aliphatic rings. The molecule has 0 unspecified atom stereocenters. The van der Waals surface area contributed by atoms with Crippen LogP contribution in [0, 0.1) is 0 Å². The first-order valence-corrected chi connectivity index (χ1v) is 5.01. The third kappa shape index (κ3) is 2.10. The topological polar surface area (TPSA) is 60.2 Å². The minimum atomic E-state index is 0.405. The van der Waals surface area contributed by atoms with Gasteiger partial charge in [0, 0.05) is 19.7 Å². The van der Waals surface area contributed by atoms with Crippen LogP contribution in [0.5, 0.6) is 0 Å². The zero-order valence-electron chi connectivity index (χ0n) is 8.32. The number of ether oxygens (including phenoxy) is 1. The van der Waals surface area contributed by atoms with Crippen molar-refractivity contribution in [3.63, 3.8) is 0 Å². The second kappa shape index (κ2) is 4.52. The van der Waals surface area contributed by atoms with E-state index < -0.39 is 0 Å². The number of nitrogens with zero attached hydrogens (tertiary/aromatic N) is 2. The van der Waals surface area contributed by atoms with Crippen molar-refractivity contribution in [1.29, 1.82) is 0 Å². The molecule has 1 aromatic rings. The molecule has 1 fully saturated rings. The summed E-state index contributed by atoms with van der Waals surface area (Å²) < 4.78 is 10.4. The van der Waals surface area contributed by atoms with Crippen LogP contribution in [0.15, 0.2) is 4.52 Å². The van der Waals surface area contributed by atoms with Gasteiger partial charge in [0.2, 0.25) is 5.89 Å². The van der Waals surface area contributed by atoms with Crippen LogP contribution in [0.25, 0.3) is 0 Å². The summed E-state index contributed by atoms with van der Waals surface area (Å²) in [5.41, 5.74) is 0. The van der Waals surface area contributed by atoms with Crippen molar-refractivity contribution >= 4 is 0 Å². The fourth-order valence-corrected chi connectivity index (χ4v) is 1.26. The summed E-state index contributed by atoms with van der Waals surface area (Å²) >= 11 is 0. The zero-order valence-corrected chi connectivity index (χ0v) is 8.32. The predicted octanol–water partition coefficient (Wildman–Crippen LogP) is 0.683. The normalized spacial score (nSPS) is 16.9. The average Bonchev–Trinajstić information content (AvgIpc) is 2.51. The van der Waals surface area contributed by atoms with Crippen molar-refractivity contribution in [1.82, 2.24) is 15.5 Å². The lowest BCUT2D eigenvalue weighted by Crippen LogP contribution is -2.40. The zero-order chi connectivity index (χ0) is 9.80. The van der Waals surface area contributed by atoms with Crippen LogP contribution in [0.2, 0.25) is 0 Å². The van der Waals surface area contributed by atoms with Gasteiger partial charge in [-0.25, -0.2) is 0 Å². The molecule has 0 aliphatic carbocycles. The molecule has 5 heteroatoms. The van der Waals surface area contributed by atoms with Gasteiger partial charge in [-0.3, -0.25) is 0 Å². The molecule has 1 aliphatic heterocycles. The average molecular weight is 197 g/mol. The van der Waals surface area contributed by atoms with E-state index in [0.29, 0.717) is 18.3 Å². The van der Waals surface area contributed by atoms with Gasteiger partial charge in [0.25, 0.3) is 0 Å². The highest BCUT2D eigenvalue weighted by Gasteiger charge is 2.24. The molecule has 78 valence electrons. The number of hydrogen-bond donors (Lipinski definition) is 1. The maximum atomic E-state index is 5.31. The molecule has 0 radical (unpaired) electrons.